The highest BCUT2D eigenvalue weighted by molar-refractivity contribution is 7.89. The molecule has 2 aromatic heterocycles. The van der Waals surface area contributed by atoms with E-state index in [1.165, 1.54) is 12.3 Å². The molecule has 1 atom stereocenters. The molecule has 3 rings (SSSR count). The smallest absolute Gasteiger partial charge is 0.242 e. The number of hydrogen-bond donors (Lipinski definition) is 1. The number of sulfonamides is 1. The molecule has 20 heavy (non-hydrogen) atoms. The van der Waals surface area contributed by atoms with Crippen LogP contribution in [0, 0.1) is 6.92 Å². The number of aryl methyl sites for hydroxylation is 2. The summed E-state index contributed by atoms with van der Waals surface area (Å²) in [6.07, 6.45) is 4.47. The average molecular weight is 293 g/mol. The van der Waals surface area contributed by atoms with E-state index >= 15 is 0 Å². The quantitative estimate of drug-likeness (QED) is 0.904. The lowest BCUT2D eigenvalue weighted by atomic mass is 10.1. The van der Waals surface area contributed by atoms with Gasteiger partial charge in [0.15, 0.2) is 0 Å². The summed E-state index contributed by atoms with van der Waals surface area (Å²) in [6.45, 7) is 2.58. The van der Waals surface area contributed by atoms with Crippen LogP contribution in [0.5, 0.6) is 0 Å². The summed E-state index contributed by atoms with van der Waals surface area (Å²) in [7, 11) is -3.59. The van der Waals surface area contributed by atoms with Gasteiger partial charge in [0, 0.05) is 18.9 Å². The fourth-order valence-corrected chi connectivity index (χ4v) is 3.53. The molecule has 0 saturated heterocycles. The molecule has 1 aliphatic rings. The van der Waals surface area contributed by atoms with E-state index in [1.807, 2.05) is 0 Å². The first kappa shape index (κ1) is 13.2. The van der Waals surface area contributed by atoms with Gasteiger partial charge < -0.3 is 0 Å². The van der Waals surface area contributed by atoms with Crippen molar-refractivity contribution in [2.24, 2.45) is 0 Å². The Balaban J connectivity index is 1.89. The molecule has 3 heterocycles. The zero-order chi connectivity index (χ0) is 14.2. The lowest BCUT2D eigenvalue weighted by Gasteiger charge is -2.22. The summed E-state index contributed by atoms with van der Waals surface area (Å²) in [5, 5.41) is 4.26. The lowest BCUT2D eigenvalue weighted by molar-refractivity contribution is 0.399. The number of fused-ring (bicyclic) bond motifs is 1. The van der Waals surface area contributed by atoms with Gasteiger partial charge in [-0.2, -0.15) is 5.10 Å². The van der Waals surface area contributed by atoms with Crippen LogP contribution in [0.4, 0.5) is 0 Å². The van der Waals surface area contributed by atoms with Crippen molar-refractivity contribution < 1.29 is 8.42 Å². The van der Waals surface area contributed by atoms with E-state index in [2.05, 4.69) is 19.8 Å². The molecule has 106 valence electrons. The minimum Gasteiger partial charge on any atom is -0.263 e. The normalized spacial score (nSPS) is 18.8. The van der Waals surface area contributed by atoms with Crippen molar-refractivity contribution in [2.45, 2.75) is 37.2 Å². The van der Waals surface area contributed by atoms with Crippen LogP contribution in [-0.4, -0.2) is 28.2 Å². The van der Waals surface area contributed by atoms with Crippen molar-refractivity contribution in [1.82, 2.24) is 24.5 Å². The Morgan fingerprint density at radius 2 is 2.30 bits per heavy atom. The molecule has 7 nitrogen and oxygen atoms in total. The summed E-state index contributed by atoms with van der Waals surface area (Å²) in [5.41, 5.74) is 0. The lowest BCUT2D eigenvalue weighted by Crippen LogP contribution is -2.33. The van der Waals surface area contributed by atoms with E-state index in [4.69, 9.17) is 0 Å². The molecule has 0 saturated carbocycles. The third-order valence-electron chi connectivity index (χ3n) is 3.22. The highest BCUT2D eigenvalue weighted by Gasteiger charge is 2.28. The van der Waals surface area contributed by atoms with Crippen LogP contribution >= 0.6 is 0 Å². The Labute approximate surface area is 117 Å². The molecule has 0 bridgehead atoms. The van der Waals surface area contributed by atoms with Gasteiger partial charge in [0.25, 0.3) is 0 Å². The Morgan fingerprint density at radius 3 is 3.05 bits per heavy atom. The second-order valence-corrected chi connectivity index (χ2v) is 6.46. The number of aromatic nitrogens is 4. The number of pyridine rings is 1. The van der Waals surface area contributed by atoms with E-state index in [0.29, 0.717) is 11.6 Å². The number of nitrogens with one attached hydrogen (secondary N) is 1. The average Bonchev–Trinajstić information content (AvgIpc) is 2.81. The van der Waals surface area contributed by atoms with Gasteiger partial charge in [-0.1, -0.05) is 0 Å². The van der Waals surface area contributed by atoms with Crippen molar-refractivity contribution in [1.29, 1.82) is 0 Å². The fourth-order valence-electron chi connectivity index (χ4n) is 2.34. The van der Waals surface area contributed by atoms with E-state index in [-0.39, 0.29) is 10.9 Å². The van der Waals surface area contributed by atoms with Crippen LogP contribution in [0.25, 0.3) is 0 Å². The maximum absolute atomic E-state index is 12.3. The van der Waals surface area contributed by atoms with Crippen LogP contribution in [0.2, 0.25) is 0 Å². The molecule has 0 aliphatic carbocycles. The number of rotatable bonds is 3. The molecule has 0 unspecified atom stereocenters. The Morgan fingerprint density at radius 1 is 1.45 bits per heavy atom. The fraction of sp³-hybridized carbons (Fsp3) is 0.417. The molecule has 1 N–H and O–H groups in total. The Kier molecular flexibility index (Phi) is 3.27. The first-order chi connectivity index (χ1) is 9.56. The Bertz CT molecular complexity index is 711. The first-order valence-electron chi connectivity index (χ1n) is 6.40. The van der Waals surface area contributed by atoms with Gasteiger partial charge in [-0.15, -0.1) is 0 Å². The Hall–Kier alpha value is -1.80. The molecule has 1 aliphatic heterocycles. The van der Waals surface area contributed by atoms with Gasteiger partial charge in [-0.3, -0.25) is 4.98 Å². The topological polar surface area (TPSA) is 89.8 Å². The molecule has 2 aromatic rings. The molecule has 0 fully saturated rings. The highest BCUT2D eigenvalue weighted by atomic mass is 32.2. The van der Waals surface area contributed by atoms with E-state index < -0.39 is 10.0 Å². The molecule has 0 aromatic carbocycles. The second kappa shape index (κ2) is 4.95. The summed E-state index contributed by atoms with van der Waals surface area (Å²) in [5.74, 6) is 1.34. The van der Waals surface area contributed by atoms with Crippen molar-refractivity contribution in [3.05, 3.63) is 36.2 Å². The minimum absolute atomic E-state index is 0.161. The van der Waals surface area contributed by atoms with Gasteiger partial charge in [0.05, 0.1) is 6.04 Å². The SMILES string of the molecule is Cc1nc2n(n1)CCC[C@H]2NS(=O)(=O)c1cccnc1. The number of hydrogen-bond acceptors (Lipinski definition) is 5. The molecular weight excluding hydrogens is 278 g/mol. The summed E-state index contributed by atoms with van der Waals surface area (Å²) < 4.78 is 29.1. The summed E-state index contributed by atoms with van der Waals surface area (Å²) >= 11 is 0. The molecule has 0 amide bonds. The summed E-state index contributed by atoms with van der Waals surface area (Å²) in [6, 6.07) is 2.78. The van der Waals surface area contributed by atoms with Crippen LogP contribution in [0.1, 0.15) is 30.5 Å². The van der Waals surface area contributed by atoms with Crippen LogP contribution in [-0.2, 0) is 16.6 Å². The molecule has 8 heteroatoms. The minimum atomic E-state index is -3.59. The van der Waals surface area contributed by atoms with Crippen molar-refractivity contribution in [3.8, 4) is 0 Å². The van der Waals surface area contributed by atoms with Crippen LogP contribution in [0.15, 0.2) is 29.4 Å². The molecule has 0 radical (unpaired) electrons. The maximum atomic E-state index is 12.3. The van der Waals surface area contributed by atoms with E-state index in [0.717, 1.165) is 19.4 Å². The maximum Gasteiger partial charge on any atom is 0.242 e. The molecule has 0 spiro atoms. The zero-order valence-electron chi connectivity index (χ0n) is 11.0. The van der Waals surface area contributed by atoms with Crippen molar-refractivity contribution in [3.63, 3.8) is 0 Å². The van der Waals surface area contributed by atoms with Gasteiger partial charge in [-0.05, 0) is 31.9 Å². The predicted octanol–water partition coefficient (Wildman–Crippen LogP) is 0.795. The predicted molar refractivity (Wildman–Crippen MR) is 71.3 cm³/mol. The van der Waals surface area contributed by atoms with Gasteiger partial charge in [0.2, 0.25) is 10.0 Å². The van der Waals surface area contributed by atoms with Gasteiger partial charge >= 0.3 is 0 Å². The van der Waals surface area contributed by atoms with Crippen LogP contribution in [0.3, 0.4) is 0 Å². The monoisotopic (exact) mass is 293 g/mol. The van der Waals surface area contributed by atoms with Gasteiger partial charge in [0.1, 0.15) is 16.5 Å². The highest BCUT2D eigenvalue weighted by Crippen LogP contribution is 2.24. The third kappa shape index (κ3) is 2.44. The van der Waals surface area contributed by atoms with Gasteiger partial charge in [-0.25, -0.2) is 22.8 Å². The van der Waals surface area contributed by atoms with Crippen molar-refractivity contribution >= 4 is 10.0 Å². The standard InChI is InChI=1S/C12H15N5O2S/c1-9-14-12-11(5-3-7-17(12)15-9)16-20(18,19)10-4-2-6-13-8-10/h2,4,6,8,11,16H,3,5,7H2,1H3/t11-/m1/s1. The van der Waals surface area contributed by atoms with E-state index in [1.54, 1.807) is 23.9 Å². The first-order valence-corrected chi connectivity index (χ1v) is 7.88. The third-order valence-corrected chi connectivity index (χ3v) is 4.68. The molecular formula is C12H15N5O2S. The largest absolute Gasteiger partial charge is 0.263 e. The zero-order valence-corrected chi connectivity index (χ0v) is 11.8. The van der Waals surface area contributed by atoms with Crippen LogP contribution < -0.4 is 4.72 Å². The van der Waals surface area contributed by atoms with E-state index in [9.17, 15) is 8.42 Å². The van der Waals surface area contributed by atoms with Crippen molar-refractivity contribution in [2.75, 3.05) is 0 Å². The number of nitrogens with zero attached hydrogens (tertiary/aromatic N) is 4. The second-order valence-electron chi connectivity index (χ2n) is 4.75. The summed E-state index contributed by atoms with van der Waals surface area (Å²) in [4.78, 5) is 8.32.